The van der Waals surface area contributed by atoms with E-state index in [1.807, 2.05) is 31.2 Å². The lowest BCUT2D eigenvalue weighted by Crippen LogP contribution is -2.43. The number of benzene rings is 1. The van der Waals surface area contributed by atoms with Crippen molar-refractivity contribution in [3.63, 3.8) is 0 Å². The molecule has 1 aromatic carbocycles. The number of aryl methyl sites for hydroxylation is 1. The molecule has 1 N–H and O–H groups in total. The van der Waals surface area contributed by atoms with Gasteiger partial charge in [-0.15, -0.1) is 0 Å². The van der Waals surface area contributed by atoms with Crippen LogP contribution >= 0.6 is 0 Å². The van der Waals surface area contributed by atoms with Gasteiger partial charge in [0.25, 0.3) is 0 Å². The van der Waals surface area contributed by atoms with E-state index in [1.54, 1.807) is 7.11 Å². The summed E-state index contributed by atoms with van der Waals surface area (Å²) in [5.41, 5.74) is 1.29. The molecule has 4 nitrogen and oxygen atoms in total. The average Bonchev–Trinajstić information content (AvgIpc) is 2.92. The number of aliphatic hydroxyl groups excluding tert-OH is 1. The highest BCUT2D eigenvalue weighted by Gasteiger charge is 2.42. The summed E-state index contributed by atoms with van der Waals surface area (Å²) >= 11 is 0. The van der Waals surface area contributed by atoms with E-state index >= 15 is 0 Å². The van der Waals surface area contributed by atoms with E-state index in [2.05, 4.69) is 0 Å². The van der Waals surface area contributed by atoms with Crippen LogP contribution in [-0.2, 0) is 9.47 Å². The fourth-order valence-electron chi connectivity index (χ4n) is 2.93. The number of rotatable bonds is 3. The average molecular weight is 276 g/mol. The van der Waals surface area contributed by atoms with Gasteiger partial charge in [-0.05, 0) is 18.6 Å². The van der Waals surface area contributed by atoms with E-state index in [0.29, 0.717) is 31.8 Å². The van der Waals surface area contributed by atoms with Gasteiger partial charge >= 0.3 is 0 Å². The topological polar surface area (TPSA) is 51.8 Å². The summed E-state index contributed by atoms with van der Waals surface area (Å²) in [7, 11) is 1.64. The Labute approximate surface area is 118 Å². The van der Waals surface area contributed by atoms with Crippen molar-refractivity contribution in [2.75, 3.05) is 20.3 Å². The Morgan fingerprint density at radius 2 is 2.05 bits per heavy atom. The zero-order chi connectivity index (χ0) is 14.2. The third-order valence-electron chi connectivity index (χ3n) is 4.27. The molecular formula is C16H20O4. The van der Waals surface area contributed by atoms with E-state index in [9.17, 15) is 5.11 Å². The number of hydrogen-bond donors (Lipinski definition) is 1. The van der Waals surface area contributed by atoms with Crippen molar-refractivity contribution in [1.82, 2.24) is 0 Å². The van der Waals surface area contributed by atoms with Crippen LogP contribution in [0.5, 0.6) is 0 Å². The van der Waals surface area contributed by atoms with Crippen LogP contribution in [0.1, 0.15) is 30.3 Å². The predicted octanol–water partition coefficient (Wildman–Crippen LogP) is 2.97. The molecule has 108 valence electrons. The number of aliphatic hydroxyl groups is 1. The van der Waals surface area contributed by atoms with Crippen molar-refractivity contribution < 1.29 is 19.0 Å². The van der Waals surface area contributed by atoms with Crippen LogP contribution in [0.4, 0.5) is 0 Å². The van der Waals surface area contributed by atoms with Crippen LogP contribution in [0, 0.1) is 6.92 Å². The van der Waals surface area contributed by atoms with E-state index < -0.39 is 11.7 Å². The number of para-hydroxylation sites is 1. The molecule has 2 aromatic rings. The first-order valence-corrected chi connectivity index (χ1v) is 6.96. The fraction of sp³-hybridized carbons (Fsp3) is 0.500. The Morgan fingerprint density at radius 1 is 1.30 bits per heavy atom. The molecule has 20 heavy (non-hydrogen) atoms. The van der Waals surface area contributed by atoms with Crippen LogP contribution < -0.4 is 0 Å². The van der Waals surface area contributed by atoms with Gasteiger partial charge < -0.3 is 19.0 Å². The maximum absolute atomic E-state index is 10.7. The summed E-state index contributed by atoms with van der Waals surface area (Å²) < 4.78 is 16.9. The lowest BCUT2D eigenvalue weighted by atomic mass is 9.86. The Morgan fingerprint density at radius 3 is 2.70 bits per heavy atom. The predicted molar refractivity (Wildman–Crippen MR) is 75.7 cm³/mol. The van der Waals surface area contributed by atoms with E-state index in [-0.39, 0.29) is 0 Å². The molecule has 1 aliphatic rings. The number of hydrogen-bond acceptors (Lipinski definition) is 4. The molecule has 1 aromatic heterocycles. The molecule has 0 saturated carbocycles. The first kappa shape index (κ1) is 13.6. The maximum Gasteiger partial charge on any atom is 0.141 e. The molecule has 1 aliphatic heterocycles. The van der Waals surface area contributed by atoms with Crippen LogP contribution in [0.15, 0.2) is 28.7 Å². The van der Waals surface area contributed by atoms with Gasteiger partial charge in [0.2, 0.25) is 0 Å². The van der Waals surface area contributed by atoms with E-state index in [1.165, 1.54) is 0 Å². The van der Waals surface area contributed by atoms with Gasteiger partial charge in [-0.2, -0.15) is 0 Å². The van der Waals surface area contributed by atoms with Crippen LogP contribution in [-0.4, -0.2) is 31.0 Å². The van der Waals surface area contributed by atoms with Crippen molar-refractivity contribution in [2.45, 2.75) is 31.5 Å². The van der Waals surface area contributed by atoms with Crippen molar-refractivity contribution in [3.05, 3.63) is 35.6 Å². The van der Waals surface area contributed by atoms with E-state index in [4.69, 9.17) is 13.9 Å². The number of fused-ring (bicyclic) bond motifs is 1. The van der Waals surface area contributed by atoms with Crippen LogP contribution in [0.3, 0.4) is 0 Å². The molecule has 1 unspecified atom stereocenters. The van der Waals surface area contributed by atoms with Gasteiger partial charge in [-0.1, -0.05) is 18.2 Å². The minimum atomic E-state index is -0.775. The zero-order valence-corrected chi connectivity index (χ0v) is 11.9. The number of ether oxygens (including phenoxy) is 2. The lowest BCUT2D eigenvalue weighted by molar-refractivity contribution is -0.159. The van der Waals surface area contributed by atoms with Crippen LogP contribution in [0.2, 0.25) is 0 Å². The molecule has 0 amide bonds. The van der Waals surface area contributed by atoms with Gasteiger partial charge in [0.05, 0.1) is 0 Å². The molecule has 0 aliphatic carbocycles. The highest BCUT2D eigenvalue weighted by molar-refractivity contribution is 5.81. The minimum Gasteiger partial charge on any atom is -0.458 e. The van der Waals surface area contributed by atoms with Gasteiger partial charge in [0.15, 0.2) is 0 Å². The van der Waals surface area contributed by atoms with Crippen molar-refractivity contribution in [2.24, 2.45) is 0 Å². The second-order valence-electron chi connectivity index (χ2n) is 5.43. The standard InChI is InChI=1S/C16H20O4/c1-11-4-3-5-12-10-13(20-14(11)12)15(17)16(18-2)6-8-19-9-7-16/h3-5,10,15,17H,6-9H2,1-2H3. The summed E-state index contributed by atoms with van der Waals surface area (Å²) in [6, 6.07) is 7.89. The highest BCUT2D eigenvalue weighted by atomic mass is 16.5. The van der Waals surface area contributed by atoms with Gasteiger partial charge in [0.1, 0.15) is 23.0 Å². The van der Waals surface area contributed by atoms with Crippen LogP contribution in [0.25, 0.3) is 11.0 Å². The summed E-state index contributed by atoms with van der Waals surface area (Å²) in [5.74, 6) is 0.568. The molecular weight excluding hydrogens is 256 g/mol. The lowest BCUT2D eigenvalue weighted by Gasteiger charge is -2.38. The molecule has 1 fully saturated rings. The van der Waals surface area contributed by atoms with Crippen molar-refractivity contribution >= 4 is 11.0 Å². The molecule has 1 saturated heterocycles. The summed E-state index contributed by atoms with van der Waals surface area (Å²) in [4.78, 5) is 0. The number of furan rings is 1. The monoisotopic (exact) mass is 276 g/mol. The Balaban J connectivity index is 1.98. The Hall–Kier alpha value is -1.36. The normalized spacial score (nSPS) is 20.1. The Kier molecular flexibility index (Phi) is 3.54. The molecule has 0 bridgehead atoms. The molecule has 2 heterocycles. The summed E-state index contributed by atoms with van der Waals surface area (Å²) in [5, 5.41) is 11.7. The fourth-order valence-corrected chi connectivity index (χ4v) is 2.93. The molecule has 0 spiro atoms. The van der Waals surface area contributed by atoms with E-state index in [0.717, 1.165) is 16.5 Å². The number of methoxy groups -OCH3 is 1. The first-order valence-electron chi connectivity index (χ1n) is 6.96. The molecule has 1 atom stereocenters. The summed E-state index contributed by atoms with van der Waals surface area (Å²) in [6.07, 6.45) is 0.560. The van der Waals surface area contributed by atoms with Gasteiger partial charge in [-0.25, -0.2) is 0 Å². The molecule has 0 radical (unpaired) electrons. The smallest absolute Gasteiger partial charge is 0.141 e. The second-order valence-corrected chi connectivity index (χ2v) is 5.43. The second kappa shape index (κ2) is 5.20. The SMILES string of the molecule is COC1(C(O)c2cc3cccc(C)c3o2)CCOCC1. The van der Waals surface area contributed by atoms with Crippen molar-refractivity contribution in [1.29, 1.82) is 0 Å². The zero-order valence-electron chi connectivity index (χ0n) is 11.9. The molecule has 4 heteroatoms. The molecule has 3 rings (SSSR count). The largest absolute Gasteiger partial charge is 0.458 e. The first-order chi connectivity index (χ1) is 9.66. The maximum atomic E-state index is 10.7. The van der Waals surface area contributed by atoms with Gasteiger partial charge in [0, 0.05) is 38.6 Å². The summed E-state index contributed by atoms with van der Waals surface area (Å²) in [6.45, 7) is 3.21. The minimum absolute atomic E-state index is 0.568. The Bertz CT molecular complexity index is 596. The third-order valence-corrected chi connectivity index (χ3v) is 4.27. The quantitative estimate of drug-likeness (QED) is 0.936. The third kappa shape index (κ3) is 2.14. The van der Waals surface area contributed by atoms with Crippen molar-refractivity contribution in [3.8, 4) is 0 Å². The highest BCUT2D eigenvalue weighted by Crippen LogP contribution is 2.39. The van der Waals surface area contributed by atoms with Gasteiger partial charge in [-0.3, -0.25) is 0 Å².